The summed E-state index contributed by atoms with van der Waals surface area (Å²) in [6.07, 6.45) is 3.60. The molecule has 0 radical (unpaired) electrons. The van der Waals surface area contributed by atoms with Crippen molar-refractivity contribution >= 4 is 32.6 Å². The Hall–Kier alpha value is -3.39. The number of nitrogens with zero attached hydrogens (tertiary/aromatic N) is 4. The van der Waals surface area contributed by atoms with Gasteiger partial charge in [0.1, 0.15) is 11.5 Å². The number of amides is 1. The van der Waals surface area contributed by atoms with Gasteiger partial charge < -0.3 is 9.47 Å². The van der Waals surface area contributed by atoms with E-state index in [1.807, 2.05) is 19.2 Å². The molecular formula is C23H24N4O3S. The summed E-state index contributed by atoms with van der Waals surface area (Å²) in [7, 11) is 3.13. The van der Waals surface area contributed by atoms with Crippen LogP contribution in [0.15, 0.2) is 48.8 Å². The van der Waals surface area contributed by atoms with Crippen LogP contribution in [0, 0.1) is 13.8 Å². The van der Waals surface area contributed by atoms with E-state index in [0.717, 1.165) is 15.8 Å². The van der Waals surface area contributed by atoms with E-state index in [0.29, 0.717) is 35.3 Å². The molecule has 4 aromatic rings. The van der Waals surface area contributed by atoms with Crippen LogP contribution in [0.25, 0.3) is 10.2 Å². The molecule has 2 aromatic heterocycles. The van der Waals surface area contributed by atoms with Gasteiger partial charge in [-0.05, 0) is 55.3 Å². The zero-order valence-electron chi connectivity index (χ0n) is 18.0. The number of benzene rings is 2. The van der Waals surface area contributed by atoms with Crippen molar-refractivity contribution in [1.82, 2.24) is 14.8 Å². The maximum Gasteiger partial charge on any atom is 0.264 e. The van der Waals surface area contributed by atoms with Crippen molar-refractivity contribution in [3.8, 4) is 11.5 Å². The van der Waals surface area contributed by atoms with Gasteiger partial charge in [-0.2, -0.15) is 5.10 Å². The van der Waals surface area contributed by atoms with Crippen LogP contribution in [0.4, 0.5) is 5.13 Å². The van der Waals surface area contributed by atoms with Gasteiger partial charge in [0, 0.05) is 18.9 Å². The number of ether oxygens (including phenoxy) is 2. The minimum Gasteiger partial charge on any atom is -0.497 e. The lowest BCUT2D eigenvalue weighted by atomic mass is 10.1. The van der Waals surface area contributed by atoms with Crippen molar-refractivity contribution in [3.05, 3.63) is 65.5 Å². The van der Waals surface area contributed by atoms with E-state index in [1.54, 1.807) is 48.2 Å². The number of anilines is 1. The number of hydrogen-bond acceptors (Lipinski definition) is 6. The summed E-state index contributed by atoms with van der Waals surface area (Å²) >= 11 is 1.51. The lowest BCUT2D eigenvalue weighted by Crippen LogP contribution is -2.34. The van der Waals surface area contributed by atoms with Crippen LogP contribution in [-0.2, 0) is 6.54 Å². The Morgan fingerprint density at radius 3 is 2.71 bits per heavy atom. The summed E-state index contributed by atoms with van der Waals surface area (Å²) in [5.41, 5.74) is 3.61. The molecule has 0 spiro atoms. The lowest BCUT2D eigenvalue weighted by Gasteiger charge is -2.21. The van der Waals surface area contributed by atoms with E-state index in [4.69, 9.17) is 14.5 Å². The second-order valence-corrected chi connectivity index (χ2v) is 8.23. The Bertz CT molecular complexity index is 1220. The standard InChI is InChI=1S/C23H24N4O3S/c1-15-12-16(2)21-20(13-15)31-23(25-21)27(11-10-26-9-5-8-24-26)22(28)18-14-17(29-3)6-7-19(18)30-4/h5-9,12-14H,10-11H2,1-4H3. The Labute approximate surface area is 184 Å². The number of fused-ring (bicyclic) bond motifs is 1. The maximum atomic E-state index is 13.7. The van der Waals surface area contributed by atoms with Gasteiger partial charge in [0.15, 0.2) is 5.13 Å². The predicted molar refractivity (Wildman–Crippen MR) is 123 cm³/mol. The van der Waals surface area contributed by atoms with E-state index in [9.17, 15) is 4.79 Å². The molecule has 0 saturated heterocycles. The molecule has 31 heavy (non-hydrogen) atoms. The number of aryl methyl sites for hydroxylation is 2. The average molecular weight is 437 g/mol. The van der Waals surface area contributed by atoms with Crippen LogP contribution < -0.4 is 14.4 Å². The minimum atomic E-state index is -0.198. The normalized spacial score (nSPS) is 11.0. The highest BCUT2D eigenvalue weighted by molar-refractivity contribution is 7.22. The zero-order chi connectivity index (χ0) is 22.0. The first kappa shape index (κ1) is 20.9. The first-order valence-electron chi connectivity index (χ1n) is 9.89. The smallest absolute Gasteiger partial charge is 0.264 e. The second-order valence-electron chi connectivity index (χ2n) is 7.22. The van der Waals surface area contributed by atoms with Crippen LogP contribution in [-0.4, -0.2) is 41.4 Å². The number of carbonyl (C=O) groups excluding carboxylic acids is 1. The van der Waals surface area contributed by atoms with Gasteiger partial charge >= 0.3 is 0 Å². The fourth-order valence-corrected chi connectivity index (χ4v) is 4.69. The molecule has 0 unspecified atom stereocenters. The SMILES string of the molecule is COc1ccc(OC)c(C(=O)N(CCn2cccn2)c2nc3c(C)cc(C)cc3s2)c1. The molecular weight excluding hydrogens is 412 g/mol. The van der Waals surface area contributed by atoms with Crippen molar-refractivity contribution in [2.75, 3.05) is 25.7 Å². The average Bonchev–Trinajstić information content (AvgIpc) is 3.43. The van der Waals surface area contributed by atoms with Gasteiger partial charge in [-0.25, -0.2) is 4.98 Å². The van der Waals surface area contributed by atoms with Crippen LogP contribution in [0.5, 0.6) is 11.5 Å². The largest absolute Gasteiger partial charge is 0.497 e. The topological polar surface area (TPSA) is 69.5 Å². The minimum absolute atomic E-state index is 0.198. The summed E-state index contributed by atoms with van der Waals surface area (Å²) in [6, 6.07) is 11.3. The number of thiazole rings is 1. The molecule has 0 aliphatic carbocycles. The molecule has 7 nitrogen and oxygen atoms in total. The molecule has 4 rings (SSSR count). The first-order valence-corrected chi connectivity index (χ1v) is 10.7. The Morgan fingerprint density at radius 2 is 2.00 bits per heavy atom. The molecule has 2 heterocycles. The molecule has 160 valence electrons. The maximum absolute atomic E-state index is 13.7. The summed E-state index contributed by atoms with van der Waals surface area (Å²) in [4.78, 5) is 20.2. The Kier molecular flexibility index (Phi) is 5.90. The molecule has 0 fully saturated rings. The van der Waals surface area contributed by atoms with Gasteiger partial charge in [-0.1, -0.05) is 17.4 Å². The van der Waals surface area contributed by atoms with Crippen LogP contribution in [0.3, 0.4) is 0 Å². The van der Waals surface area contributed by atoms with Gasteiger partial charge in [-0.15, -0.1) is 0 Å². The summed E-state index contributed by atoms with van der Waals surface area (Å²) in [5.74, 6) is 0.881. The third kappa shape index (κ3) is 4.25. The number of aromatic nitrogens is 3. The molecule has 0 saturated carbocycles. The Balaban J connectivity index is 1.77. The van der Waals surface area contributed by atoms with E-state index in [1.165, 1.54) is 16.9 Å². The van der Waals surface area contributed by atoms with Crippen molar-refractivity contribution in [2.45, 2.75) is 20.4 Å². The highest BCUT2D eigenvalue weighted by Crippen LogP contribution is 2.34. The van der Waals surface area contributed by atoms with Crippen molar-refractivity contribution in [1.29, 1.82) is 0 Å². The molecule has 1 amide bonds. The Morgan fingerprint density at radius 1 is 1.16 bits per heavy atom. The van der Waals surface area contributed by atoms with Crippen molar-refractivity contribution < 1.29 is 14.3 Å². The van der Waals surface area contributed by atoms with Gasteiger partial charge in [0.25, 0.3) is 5.91 Å². The van der Waals surface area contributed by atoms with Gasteiger partial charge in [-0.3, -0.25) is 14.4 Å². The third-order valence-electron chi connectivity index (χ3n) is 5.04. The molecule has 2 aromatic carbocycles. The van der Waals surface area contributed by atoms with E-state index >= 15 is 0 Å². The first-order chi connectivity index (χ1) is 15.0. The van der Waals surface area contributed by atoms with Crippen LogP contribution in [0.2, 0.25) is 0 Å². The van der Waals surface area contributed by atoms with Gasteiger partial charge in [0.05, 0.1) is 36.5 Å². The fraction of sp³-hybridized carbons (Fsp3) is 0.261. The summed E-state index contributed by atoms with van der Waals surface area (Å²) in [6.45, 7) is 5.06. The van der Waals surface area contributed by atoms with Gasteiger partial charge in [0.2, 0.25) is 0 Å². The highest BCUT2D eigenvalue weighted by Gasteiger charge is 2.25. The third-order valence-corrected chi connectivity index (χ3v) is 6.07. The van der Waals surface area contributed by atoms with Crippen LogP contribution >= 0.6 is 11.3 Å². The molecule has 8 heteroatoms. The molecule has 0 atom stereocenters. The van der Waals surface area contributed by atoms with E-state index < -0.39 is 0 Å². The summed E-state index contributed by atoms with van der Waals surface area (Å²) in [5, 5.41) is 4.90. The molecule has 0 aliphatic heterocycles. The number of hydrogen-bond donors (Lipinski definition) is 0. The quantitative estimate of drug-likeness (QED) is 0.427. The molecule has 0 N–H and O–H groups in total. The predicted octanol–water partition coefficient (Wildman–Crippen LogP) is 4.47. The van der Waals surface area contributed by atoms with Crippen molar-refractivity contribution in [2.24, 2.45) is 0 Å². The second kappa shape index (κ2) is 8.77. The van der Waals surface area contributed by atoms with E-state index in [-0.39, 0.29) is 5.91 Å². The van der Waals surface area contributed by atoms with Crippen molar-refractivity contribution in [3.63, 3.8) is 0 Å². The molecule has 0 aliphatic rings. The number of rotatable bonds is 7. The lowest BCUT2D eigenvalue weighted by molar-refractivity contribution is 0.0982. The van der Waals surface area contributed by atoms with E-state index in [2.05, 4.69) is 24.2 Å². The number of methoxy groups -OCH3 is 2. The number of carbonyl (C=O) groups is 1. The zero-order valence-corrected chi connectivity index (χ0v) is 18.8. The summed E-state index contributed by atoms with van der Waals surface area (Å²) < 4.78 is 13.6. The fourth-order valence-electron chi connectivity index (χ4n) is 3.52. The molecule has 0 bridgehead atoms. The van der Waals surface area contributed by atoms with Crippen LogP contribution in [0.1, 0.15) is 21.5 Å². The highest BCUT2D eigenvalue weighted by atomic mass is 32.1. The monoisotopic (exact) mass is 436 g/mol.